The average molecular weight is 401 g/mol. The molecule has 0 saturated heterocycles. The Kier molecular flexibility index (Phi) is 5.70. The molecule has 30 heavy (non-hydrogen) atoms. The fourth-order valence-electron chi connectivity index (χ4n) is 3.47. The van der Waals surface area contributed by atoms with Gasteiger partial charge in [0.25, 0.3) is 0 Å². The minimum absolute atomic E-state index is 0.0851. The third-order valence-corrected chi connectivity index (χ3v) is 5.00. The van der Waals surface area contributed by atoms with Crippen LogP contribution in [0, 0.1) is 13.8 Å². The van der Waals surface area contributed by atoms with Crippen LogP contribution in [0.4, 0.5) is 5.69 Å². The lowest BCUT2D eigenvalue weighted by molar-refractivity contribution is -0.115. The molecule has 2 aromatic heterocycles. The number of benzene rings is 2. The van der Waals surface area contributed by atoms with E-state index in [0.29, 0.717) is 24.6 Å². The molecule has 0 fully saturated rings. The topological polar surface area (TPSA) is 81.9 Å². The zero-order valence-corrected chi connectivity index (χ0v) is 17.0. The molecule has 4 rings (SSSR count). The zero-order valence-electron chi connectivity index (χ0n) is 17.0. The van der Waals surface area contributed by atoms with Crippen molar-refractivity contribution < 1.29 is 9.53 Å². The van der Waals surface area contributed by atoms with E-state index in [1.54, 1.807) is 11.0 Å². The predicted molar refractivity (Wildman–Crippen MR) is 116 cm³/mol. The van der Waals surface area contributed by atoms with Gasteiger partial charge in [-0.2, -0.15) is 5.10 Å². The Bertz CT molecular complexity index is 1170. The van der Waals surface area contributed by atoms with Crippen molar-refractivity contribution in [2.75, 3.05) is 11.9 Å². The zero-order chi connectivity index (χ0) is 20.9. The van der Waals surface area contributed by atoms with Gasteiger partial charge in [0.2, 0.25) is 5.91 Å². The monoisotopic (exact) mass is 401 g/mol. The van der Waals surface area contributed by atoms with Gasteiger partial charge in [-0.15, -0.1) is 0 Å². The minimum atomic E-state index is -0.0851. The summed E-state index contributed by atoms with van der Waals surface area (Å²) in [7, 11) is 0. The van der Waals surface area contributed by atoms with E-state index in [1.165, 1.54) is 6.33 Å². The van der Waals surface area contributed by atoms with Gasteiger partial charge in [-0.25, -0.2) is 9.67 Å². The molecule has 2 aromatic carbocycles. The molecule has 2 heterocycles. The number of aryl methyl sites for hydroxylation is 2. The van der Waals surface area contributed by atoms with Crippen LogP contribution in [-0.2, 0) is 17.8 Å². The summed E-state index contributed by atoms with van der Waals surface area (Å²) in [5.74, 6) is 0.602. The lowest BCUT2D eigenvalue weighted by Crippen LogP contribution is -2.16. The minimum Gasteiger partial charge on any atom is -0.492 e. The van der Waals surface area contributed by atoms with Gasteiger partial charge in [0, 0.05) is 22.8 Å². The highest BCUT2D eigenvalue weighted by atomic mass is 16.5. The van der Waals surface area contributed by atoms with Gasteiger partial charge in [0.1, 0.15) is 25.0 Å². The summed E-state index contributed by atoms with van der Waals surface area (Å²) >= 11 is 0. The number of para-hydroxylation sites is 1. The van der Waals surface area contributed by atoms with Crippen LogP contribution < -0.4 is 10.1 Å². The molecular formula is C23H23N5O2. The molecule has 7 nitrogen and oxygen atoms in total. The normalized spacial score (nSPS) is 10.9. The van der Waals surface area contributed by atoms with Crippen molar-refractivity contribution in [2.45, 2.75) is 26.8 Å². The second kappa shape index (κ2) is 8.73. The number of anilines is 1. The molecule has 4 aromatic rings. The SMILES string of the molecule is Cc1nc2ccccc2c(C)c1CC(=O)Nc1cccc(OCCn2cncn2)c1. The summed E-state index contributed by atoms with van der Waals surface area (Å²) in [5, 5.41) is 8.08. The van der Waals surface area contributed by atoms with Crippen LogP contribution in [0.5, 0.6) is 5.75 Å². The van der Waals surface area contributed by atoms with Gasteiger partial charge in [0.05, 0.1) is 18.5 Å². The van der Waals surface area contributed by atoms with Crippen LogP contribution in [0.3, 0.4) is 0 Å². The van der Waals surface area contributed by atoms with Gasteiger partial charge >= 0.3 is 0 Å². The standard InChI is InChI=1S/C23H23N5O2/c1-16-20-8-3-4-9-22(20)26-17(2)21(16)13-23(29)27-18-6-5-7-19(12-18)30-11-10-28-15-24-14-25-28/h3-9,12,14-15H,10-11,13H2,1-2H3,(H,27,29). The number of rotatable bonds is 7. The van der Waals surface area contributed by atoms with Crippen molar-refractivity contribution >= 4 is 22.5 Å². The molecule has 1 N–H and O–H groups in total. The number of ether oxygens (including phenoxy) is 1. The second-order valence-corrected chi connectivity index (χ2v) is 7.08. The maximum absolute atomic E-state index is 12.7. The quantitative estimate of drug-likeness (QED) is 0.511. The Morgan fingerprint density at radius 3 is 2.83 bits per heavy atom. The largest absolute Gasteiger partial charge is 0.492 e. The summed E-state index contributed by atoms with van der Waals surface area (Å²) in [6.07, 6.45) is 3.41. The van der Waals surface area contributed by atoms with E-state index in [1.807, 2.05) is 62.4 Å². The summed E-state index contributed by atoms with van der Waals surface area (Å²) < 4.78 is 7.46. The van der Waals surface area contributed by atoms with E-state index in [-0.39, 0.29) is 12.3 Å². The van der Waals surface area contributed by atoms with Gasteiger partial charge in [0.15, 0.2) is 0 Å². The van der Waals surface area contributed by atoms with Crippen molar-refractivity contribution in [1.82, 2.24) is 19.7 Å². The van der Waals surface area contributed by atoms with Crippen LogP contribution in [-0.4, -0.2) is 32.3 Å². The van der Waals surface area contributed by atoms with Crippen molar-refractivity contribution in [3.8, 4) is 5.75 Å². The van der Waals surface area contributed by atoms with Crippen LogP contribution in [0.15, 0.2) is 61.2 Å². The second-order valence-electron chi connectivity index (χ2n) is 7.08. The van der Waals surface area contributed by atoms with Crippen LogP contribution in [0.25, 0.3) is 10.9 Å². The molecule has 0 saturated carbocycles. The number of hydrogen-bond acceptors (Lipinski definition) is 5. The number of hydrogen-bond donors (Lipinski definition) is 1. The number of aromatic nitrogens is 4. The molecule has 0 radical (unpaired) electrons. The number of nitrogens with zero attached hydrogens (tertiary/aromatic N) is 4. The Balaban J connectivity index is 1.41. The van der Waals surface area contributed by atoms with E-state index in [4.69, 9.17) is 4.74 Å². The smallest absolute Gasteiger partial charge is 0.228 e. The number of carbonyl (C=O) groups is 1. The molecule has 1 amide bonds. The maximum atomic E-state index is 12.7. The lowest BCUT2D eigenvalue weighted by atomic mass is 9.99. The summed E-state index contributed by atoms with van der Waals surface area (Å²) in [6, 6.07) is 15.4. The summed E-state index contributed by atoms with van der Waals surface area (Å²) in [4.78, 5) is 21.3. The van der Waals surface area contributed by atoms with Crippen molar-refractivity contribution in [3.63, 3.8) is 0 Å². The Labute approximate surface area is 174 Å². The average Bonchev–Trinajstić information content (AvgIpc) is 3.25. The first-order chi connectivity index (χ1) is 14.6. The predicted octanol–water partition coefficient (Wildman–Crippen LogP) is 3.70. The third kappa shape index (κ3) is 4.46. The van der Waals surface area contributed by atoms with E-state index >= 15 is 0 Å². The Morgan fingerprint density at radius 1 is 1.13 bits per heavy atom. The highest BCUT2D eigenvalue weighted by Gasteiger charge is 2.13. The van der Waals surface area contributed by atoms with E-state index in [0.717, 1.165) is 27.7 Å². The van der Waals surface area contributed by atoms with E-state index in [2.05, 4.69) is 20.4 Å². The highest BCUT2D eigenvalue weighted by Crippen LogP contribution is 2.24. The molecule has 152 valence electrons. The van der Waals surface area contributed by atoms with Crippen molar-refractivity contribution in [1.29, 1.82) is 0 Å². The molecule has 0 aliphatic rings. The number of pyridine rings is 1. The maximum Gasteiger partial charge on any atom is 0.228 e. The fraction of sp³-hybridized carbons (Fsp3) is 0.217. The van der Waals surface area contributed by atoms with Crippen molar-refractivity contribution in [2.24, 2.45) is 0 Å². The molecule has 0 atom stereocenters. The third-order valence-electron chi connectivity index (χ3n) is 5.00. The molecule has 0 aliphatic carbocycles. The number of nitrogens with one attached hydrogen (secondary N) is 1. The van der Waals surface area contributed by atoms with Gasteiger partial charge in [-0.3, -0.25) is 9.78 Å². The first kappa shape index (κ1) is 19.6. The van der Waals surface area contributed by atoms with Gasteiger partial charge in [-0.05, 0) is 43.2 Å². The highest BCUT2D eigenvalue weighted by molar-refractivity contribution is 5.94. The summed E-state index contributed by atoms with van der Waals surface area (Å²) in [5.41, 5.74) is 4.59. The molecular weight excluding hydrogens is 378 g/mol. The fourth-order valence-corrected chi connectivity index (χ4v) is 3.47. The van der Waals surface area contributed by atoms with Crippen LogP contribution >= 0.6 is 0 Å². The Hall–Kier alpha value is -3.74. The molecule has 0 unspecified atom stereocenters. The number of fused-ring (bicyclic) bond motifs is 1. The molecule has 0 aliphatic heterocycles. The molecule has 0 bridgehead atoms. The summed E-state index contributed by atoms with van der Waals surface area (Å²) in [6.45, 7) is 5.06. The first-order valence-corrected chi connectivity index (χ1v) is 9.80. The van der Waals surface area contributed by atoms with Crippen LogP contribution in [0.1, 0.15) is 16.8 Å². The van der Waals surface area contributed by atoms with Gasteiger partial charge in [-0.1, -0.05) is 24.3 Å². The van der Waals surface area contributed by atoms with Crippen LogP contribution in [0.2, 0.25) is 0 Å². The number of amides is 1. The lowest BCUT2D eigenvalue weighted by Gasteiger charge is -2.13. The van der Waals surface area contributed by atoms with E-state index < -0.39 is 0 Å². The van der Waals surface area contributed by atoms with E-state index in [9.17, 15) is 4.79 Å². The Morgan fingerprint density at radius 2 is 2.00 bits per heavy atom. The first-order valence-electron chi connectivity index (χ1n) is 9.80. The molecule has 0 spiro atoms. The van der Waals surface area contributed by atoms with Gasteiger partial charge < -0.3 is 10.1 Å². The van der Waals surface area contributed by atoms with Crippen molar-refractivity contribution in [3.05, 3.63) is 78.0 Å². The number of carbonyl (C=O) groups excluding carboxylic acids is 1. The molecule has 7 heteroatoms.